The Labute approximate surface area is 85.8 Å². The molecule has 0 aromatic heterocycles. The van der Waals surface area contributed by atoms with Crippen molar-refractivity contribution in [2.75, 3.05) is 11.9 Å². The average molecular weight is 258 g/mol. The van der Waals surface area contributed by atoms with Gasteiger partial charge in [-0.15, -0.1) is 0 Å². The third-order valence-electron chi connectivity index (χ3n) is 1.60. The number of rotatable bonds is 3. The molecule has 1 amide bonds. The van der Waals surface area contributed by atoms with Gasteiger partial charge in [0.25, 0.3) is 0 Å². The van der Waals surface area contributed by atoms with Gasteiger partial charge >= 0.3 is 85.4 Å². The van der Waals surface area contributed by atoms with Gasteiger partial charge < -0.3 is 0 Å². The van der Waals surface area contributed by atoms with Crippen LogP contribution in [0.25, 0.3) is 0 Å². The van der Waals surface area contributed by atoms with E-state index in [-0.39, 0.29) is 12.5 Å². The Morgan fingerprint density at radius 1 is 1.43 bits per heavy atom. The molecule has 0 aliphatic heterocycles. The first kappa shape index (κ1) is 11.0. The van der Waals surface area contributed by atoms with Crippen LogP contribution in [0.15, 0.2) is 24.3 Å². The number of nitrogens with two attached hydrogens (primary N) is 1. The maximum atomic E-state index is 10.9. The Hall–Kier alpha value is -1.03. The number of hydrogen-bond donors (Lipinski definition) is 3. The van der Waals surface area contributed by atoms with E-state index in [1.165, 1.54) is 12.1 Å². The molecule has 1 rings (SSSR count). The van der Waals surface area contributed by atoms with E-state index in [0.29, 0.717) is 10.0 Å². The van der Waals surface area contributed by atoms with Gasteiger partial charge in [-0.2, -0.15) is 0 Å². The van der Waals surface area contributed by atoms with Crippen molar-refractivity contribution in [1.82, 2.24) is 0 Å². The molecule has 6 heteroatoms. The van der Waals surface area contributed by atoms with E-state index in [0.717, 1.165) is 0 Å². The fourth-order valence-corrected chi connectivity index (χ4v) is 1.86. The molecule has 14 heavy (non-hydrogen) atoms. The van der Waals surface area contributed by atoms with Crippen molar-refractivity contribution >= 4 is 30.9 Å². The molecule has 1 atom stereocenters. The number of nitrogens with one attached hydrogen (secondary N) is 1. The Morgan fingerprint density at radius 3 is 2.43 bits per heavy atom. The summed E-state index contributed by atoms with van der Waals surface area (Å²) in [5.41, 5.74) is 5.68. The monoisotopic (exact) mass is 258 g/mol. The van der Waals surface area contributed by atoms with Gasteiger partial charge in [0.05, 0.1) is 0 Å². The van der Waals surface area contributed by atoms with Crippen LogP contribution in [0.1, 0.15) is 0 Å². The molecule has 0 heterocycles. The second-order valence-corrected chi connectivity index (χ2v) is 5.13. The molecule has 5 nitrogen and oxygen atoms in total. The Bertz CT molecular complexity index is 350. The van der Waals surface area contributed by atoms with Crippen molar-refractivity contribution in [2.24, 2.45) is 5.73 Å². The van der Waals surface area contributed by atoms with Gasteiger partial charge in [0.1, 0.15) is 0 Å². The molecule has 4 N–H and O–H groups in total. The standard InChI is InChI=1S/C8H11AsN2O3/c10-5-8(12)11-7-3-1-6(2-4-7)9(13)14/h1-4,9H,5,10H2,(H,11,12)(H,13,14). The van der Waals surface area contributed by atoms with E-state index in [9.17, 15) is 8.53 Å². The second-order valence-electron chi connectivity index (χ2n) is 2.63. The first-order valence-electron chi connectivity index (χ1n) is 3.97. The molecule has 76 valence electrons. The molecule has 0 aliphatic rings. The van der Waals surface area contributed by atoms with Crippen molar-refractivity contribution in [3.8, 4) is 0 Å². The van der Waals surface area contributed by atoms with Gasteiger partial charge in [-0.3, -0.25) is 0 Å². The quantitative estimate of drug-likeness (QED) is 0.571. The summed E-state index contributed by atoms with van der Waals surface area (Å²) in [6.45, 7) is -0.0809. The van der Waals surface area contributed by atoms with Crippen molar-refractivity contribution in [3.05, 3.63) is 24.3 Å². The van der Waals surface area contributed by atoms with Gasteiger partial charge in [-0.25, -0.2) is 0 Å². The SMILES string of the molecule is NCC(=O)Nc1ccc([AsH](=O)O)cc1. The summed E-state index contributed by atoms with van der Waals surface area (Å²) in [6.07, 6.45) is 0. The molecule has 0 aliphatic carbocycles. The van der Waals surface area contributed by atoms with Crippen LogP contribution in [0, 0.1) is 0 Å². The second kappa shape index (κ2) is 5.00. The topological polar surface area (TPSA) is 92.4 Å². The van der Waals surface area contributed by atoms with Crippen LogP contribution < -0.4 is 15.4 Å². The van der Waals surface area contributed by atoms with Crippen LogP contribution in [-0.2, 0) is 8.53 Å². The molecule has 0 saturated carbocycles. The van der Waals surface area contributed by atoms with Crippen LogP contribution in [0.4, 0.5) is 5.69 Å². The van der Waals surface area contributed by atoms with Crippen LogP contribution in [-0.4, -0.2) is 31.5 Å². The number of carbonyl (C=O) groups excluding carboxylic acids is 1. The molecule has 0 saturated heterocycles. The molecule has 1 unspecified atom stereocenters. The molecule has 0 bridgehead atoms. The third kappa shape index (κ3) is 3.03. The fraction of sp³-hybridized carbons (Fsp3) is 0.125. The predicted molar refractivity (Wildman–Crippen MR) is 53.8 cm³/mol. The predicted octanol–water partition coefficient (Wildman–Crippen LogP) is -1.57. The van der Waals surface area contributed by atoms with Crippen molar-refractivity contribution in [3.63, 3.8) is 0 Å². The van der Waals surface area contributed by atoms with Gasteiger partial charge in [0.15, 0.2) is 0 Å². The zero-order chi connectivity index (χ0) is 10.6. The number of anilines is 1. The molecule has 0 fully saturated rings. The zero-order valence-corrected chi connectivity index (χ0v) is 9.46. The summed E-state index contributed by atoms with van der Waals surface area (Å²) in [5.74, 6) is -0.292. The summed E-state index contributed by atoms with van der Waals surface area (Å²) in [4.78, 5) is 10.9. The van der Waals surface area contributed by atoms with E-state index in [1.54, 1.807) is 12.1 Å². The van der Waals surface area contributed by atoms with Crippen LogP contribution in [0.3, 0.4) is 0 Å². The van der Waals surface area contributed by atoms with Crippen molar-refractivity contribution in [2.45, 2.75) is 0 Å². The number of benzene rings is 1. The molecule has 0 spiro atoms. The zero-order valence-electron chi connectivity index (χ0n) is 7.36. The Balaban J connectivity index is 2.73. The van der Waals surface area contributed by atoms with E-state index in [1.807, 2.05) is 0 Å². The molecular weight excluding hydrogens is 247 g/mol. The first-order chi connectivity index (χ1) is 6.63. The number of carbonyl (C=O) groups is 1. The summed E-state index contributed by atoms with van der Waals surface area (Å²) in [6, 6.07) is 6.19. The number of hydrogen-bond acceptors (Lipinski definition) is 3. The van der Waals surface area contributed by atoms with Gasteiger partial charge in [0, 0.05) is 0 Å². The Kier molecular flexibility index (Phi) is 3.95. The third-order valence-corrected chi connectivity index (χ3v) is 3.34. The minimum atomic E-state index is -3.23. The van der Waals surface area contributed by atoms with Crippen LogP contribution in [0.2, 0.25) is 0 Å². The van der Waals surface area contributed by atoms with Crippen molar-refractivity contribution < 1.29 is 12.6 Å². The summed E-state index contributed by atoms with van der Waals surface area (Å²) in [5, 5.41) is 2.53. The summed E-state index contributed by atoms with van der Waals surface area (Å²) >= 11 is -3.23. The first-order valence-corrected chi connectivity index (χ1v) is 6.81. The normalized spacial score (nSPS) is 12.1. The van der Waals surface area contributed by atoms with E-state index < -0.39 is 14.9 Å². The van der Waals surface area contributed by atoms with Crippen molar-refractivity contribution in [1.29, 1.82) is 0 Å². The molecule has 1 aromatic rings. The van der Waals surface area contributed by atoms with Gasteiger partial charge in [-0.05, 0) is 0 Å². The summed E-state index contributed by atoms with van der Waals surface area (Å²) in [7, 11) is 0. The van der Waals surface area contributed by atoms with Crippen LogP contribution >= 0.6 is 0 Å². The van der Waals surface area contributed by atoms with E-state index in [2.05, 4.69) is 5.32 Å². The molecular formula is C8H11AsN2O3. The maximum absolute atomic E-state index is 10.9. The van der Waals surface area contributed by atoms with Gasteiger partial charge in [0.2, 0.25) is 0 Å². The summed E-state index contributed by atoms with van der Waals surface area (Å²) < 4.78 is 20.0. The minimum absolute atomic E-state index is 0.0809. The van der Waals surface area contributed by atoms with Crippen LogP contribution in [0.5, 0.6) is 0 Å². The average Bonchev–Trinajstić information content (AvgIpc) is 2.18. The molecule has 1 aromatic carbocycles. The van der Waals surface area contributed by atoms with E-state index >= 15 is 0 Å². The van der Waals surface area contributed by atoms with E-state index in [4.69, 9.17) is 9.83 Å². The fourth-order valence-electron chi connectivity index (χ4n) is 0.908. The molecule has 0 radical (unpaired) electrons. The number of amides is 1. The van der Waals surface area contributed by atoms with Gasteiger partial charge in [-0.1, -0.05) is 0 Å². The Morgan fingerprint density at radius 2 is 2.00 bits per heavy atom.